The number of nitrogens with zero attached hydrogens (tertiary/aromatic N) is 5. The Kier molecular flexibility index (Phi) is 4.26. The summed E-state index contributed by atoms with van der Waals surface area (Å²) in [5, 5.41) is 18.7. The first-order valence-electron chi connectivity index (χ1n) is 7.67. The van der Waals surface area contributed by atoms with Crippen molar-refractivity contribution >= 4 is 11.6 Å². The minimum Gasteiger partial charge on any atom is -0.334 e. The van der Waals surface area contributed by atoms with Gasteiger partial charge in [0.25, 0.3) is 11.6 Å². The van der Waals surface area contributed by atoms with Crippen LogP contribution in [-0.4, -0.2) is 49.9 Å². The number of amides is 1. The second-order valence-corrected chi connectivity index (χ2v) is 5.97. The van der Waals surface area contributed by atoms with E-state index in [0.717, 1.165) is 6.42 Å². The second kappa shape index (κ2) is 6.36. The minimum atomic E-state index is -0.481. The molecule has 2 unspecified atom stereocenters. The Bertz CT molecular complexity index is 774. The van der Waals surface area contributed by atoms with E-state index in [1.165, 1.54) is 23.0 Å². The normalized spacial score (nSPS) is 20.3. The number of nitro benzene ring substituents is 1. The van der Waals surface area contributed by atoms with E-state index in [0.29, 0.717) is 24.7 Å². The van der Waals surface area contributed by atoms with Crippen LogP contribution in [0.3, 0.4) is 0 Å². The molecule has 2 atom stereocenters. The summed E-state index contributed by atoms with van der Waals surface area (Å²) in [6, 6.07) is 6.11. The highest BCUT2D eigenvalue weighted by molar-refractivity contribution is 5.92. The maximum Gasteiger partial charge on any atom is 0.276 e. The minimum absolute atomic E-state index is 0.0465. The Morgan fingerprint density at radius 1 is 1.50 bits per heavy atom. The van der Waals surface area contributed by atoms with E-state index < -0.39 is 4.92 Å². The third kappa shape index (κ3) is 2.98. The third-order valence-corrected chi connectivity index (χ3v) is 4.27. The molecule has 0 spiro atoms. The molecule has 1 amide bonds. The lowest BCUT2D eigenvalue weighted by Crippen LogP contribution is -2.34. The first kappa shape index (κ1) is 16.1. The molecule has 1 aromatic carbocycles. The van der Waals surface area contributed by atoms with E-state index in [2.05, 4.69) is 10.3 Å². The summed E-state index contributed by atoms with van der Waals surface area (Å²) < 4.78 is 1.36. The zero-order chi connectivity index (χ0) is 17.3. The van der Waals surface area contributed by atoms with Crippen molar-refractivity contribution in [1.29, 1.82) is 0 Å². The highest BCUT2D eigenvalue weighted by Gasteiger charge is 2.33. The van der Waals surface area contributed by atoms with Crippen molar-refractivity contribution in [3.63, 3.8) is 0 Å². The maximum absolute atomic E-state index is 12.6. The quantitative estimate of drug-likeness (QED) is 0.659. The summed E-state index contributed by atoms with van der Waals surface area (Å²) >= 11 is 0. The van der Waals surface area contributed by atoms with Crippen LogP contribution in [0.2, 0.25) is 0 Å². The average molecular weight is 330 g/mol. The topological polar surface area (TPSA) is 120 Å². The number of aromatic nitrogens is 3. The number of rotatable bonds is 4. The molecule has 2 heterocycles. The first-order valence-corrected chi connectivity index (χ1v) is 7.67. The standard InChI is InChI=1S/C15H18N6O3/c1-10-5-11(7-16)8-19(10)15(22)14-9-20(18-17-14)12-3-2-4-13(6-12)21(23)24/h2-4,6,9-11H,5,7-8,16H2,1H3. The molecule has 24 heavy (non-hydrogen) atoms. The number of hydrogen-bond donors (Lipinski definition) is 1. The summed E-state index contributed by atoms with van der Waals surface area (Å²) in [4.78, 5) is 24.7. The van der Waals surface area contributed by atoms with Gasteiger partial charge in [-0.1, -0.05) is 11.3 Å². The molecule has 126 valence electrons. The van der Waals surface area contributed by atoms with Gasteiger partial charge in [0.2, 0.25) is 0 Å². The summed E-state index contributed by atoms with van der Waals surface area (Å²) in [6.45, 7) is 3.15. The number of carbonyl (C=O) groups is 1. The van der Waals surface area contributed by atoms with E-state index in [4.69, 9.17) is 5.73 Å². The predicted octanol–water partition coefficient (Wildman–Crippen LogP) is 0.985. The molecule has 9 nitrogen and oxygen atoms in total. The molecule has 0 saturated carbocycles. The van der Waals surface area contributed by atoms with Gasteiger partial charge < -0.3 is 10.6 Å². The Hall–Kier alpha value is -2.81. The zero-order valence-corrected chi connectivity index (χ0v) is 13.2. The van der Waals surface area contributed by atoms with Gasteiger partial charge in [-0.2, -0.15) is 0 Å². The molecule has 0 radical (unpaired) electrons. The van der Waals surface area contributed by atoms with Crippen molar-refractivity contribution in [2.75, 3.05) is 13.1 Å². The van der Waals surface area contributed by atoms with E-state index >= 15 is 0 Å². The SMILES string of the molecule is CC1CC(CN)CN1C(=O)c1cn(-c2cccc([N+](=O)[O-])c2)nn1. The number of nitro groups is 1. The third-order valence-electron chi connectivity index (χ3n) is 4.27. The number of nitrogens with two attached hydrogens (primary N) is 1. The highest BCUT2D eigenvalue weighted by atomic mass is 16.6. The Morgan fingerprint density at radius 2 is 2.29 bits per heavy atom. The smallest absolute Gasteiger partial charge is 0.276 e. The molecular formula is C15H18N6O3. The number of non-ortho nitro benzene ring substituents is 1. The highest BCUT2D eigenvalue weighted by Crippen LogP contribution is 2.24. The molecule has 2 N–H and O–H groups in total. The molecule has 1 aromatic heterocycles. The Morgan fingerprint density at radius 3 is 2.96 bits per heavy atom. The van der Waals surface area contributed by atoms with Crippen molar-refractivity contribution in [3.8, 4) is 5.69 Å². The first-order chi connectivity index (χ1) is 11.5. The fourth-order valence-electron chi connectivity index (χ4n) is 2.98. The summed E-state index contributed by atoms with van der Waals surface area (Å²) in [5.41, 5.74) is 6.34. The van der Waals surface area contributed by atoms with Crippen LogP contribution in [0.4, 0.5) is 5.69 Å². The molecule has 0 aliphatic carbocycles. The summed E-state index contributed by atoms with van der Waals surface area (Å²) in [6.07, 6.45) is 2.37. The number of carbonyl (C=O) groups excluding carboxylic acids is 1. The van der Waals surface area contributed by atoms with Crippen molar-refractivity contribution in [3.05, 3.63) is 46.3 Å². The van der Waals surface area contributed by atoms with Crippen LogP contribution in [0.5, 0.6) is 0 Å². The van der Waals surface area contributed by atoms with Gasteiger partial charge in [0.15, 0.2) is 5.69 Å². The molecule has 1 fully saturated rings. The van der Waals surface area contributed by atoms with Crippen LogP contribution < -0.4 is 5.73 Å². The largest absolute Gasteiger partial charge is 0.334 e. The average Bonchev–Trinajstić information content (AvgIpc) is 3.21. The van der Waals surface area contributed by atoms with Crippen molar-refractivity contribution in [2.24, 2.45) is 11.7 Å². The molecule has 0 bridgehead atoms. The van der Waals surface area contributed by atoms with E-state index in [-0.39, 0.29) is 23.3 Å². The molecule has 3 rings (SSSR count). The molecular weight excluding hydrogens is 312 g/mol. The van der Waals surface area contributed by atoms with E-state index in [1.807, 2.05) is 6.92 Å². The molecule has 1 aliphatic heterocycles. The van der Waals surface area contributed by atoms with E-state index in [9.17, 15) is 14.9 Å². The van der Waals surface area contributed by atoms with Crippen LogP contribution >= 0.6 is 0 Å². The fraction of sp³-hybridized carbons (Fsp3) is 0.400. The van der Waals surface area contributed by atoms with Crippen molar-refractivity contribution < 1.29 is 9.72 Å². The lowest BCUT2D eigenvalue weighted by atomic mass is 10.1. The number of likely N-dealkylation sites (tertiary alicyclic amines) is 1. The van der Waals surface area contributed by atoms with Gasteiger partial charge >= 0.3 is 0 Å². The fourth-order valence-corrected chi connectivity index (χ4v) is 2.98. The summed E-state index contributed by atoms with van der Waals surface area (Å²) in [7, 11) is 0. The van der Waals surface area contributed by atoms with Crippen LogP contribution in [0.25, 0.3) is 5.69 Å². The Balaban J connectivity index is 1.82. The molecule has 1 saturated heterocycles. The van der Waals surface area contributed by atoms with Crippen LogP contribution in [0.15, 0.2) is 30.5 Å². The van der Waals surface area contributed by atoms with Gasteiger partial charge in [0.1, 0.15) is 0 Å². The Labute approximate surface area is 138 Å². The van der Waals surface area contributed by atoms with Gasteiger partial charge in [-0.3, -0.25) is 14.9 Å². The van der Waals surface area contributed by atoms with Gasteiger partial charge in [-0.15, -0.1) is 5.10 Å². The molecule has 1 aliphatic rings. The predicted molar refractivity (Wildman–Crippen MR) is 85.7 cm³/mol. The monoisotopic (exact) mass is 330 g/mol. The second-order valence-electron chi connectivity index (χ2n) is 5.97. The molecule has 2 aromatic rings. The molecule has 9 heteroatoms. The maximum atomic E-state index is 12.6. The van der Waals surface area contributed by atoms with Crippen LogP contribution in [0.1, 0.15) is 23.8 Å². The van der Waals surface area contributed by atoms with Crippen LogP contribution in [0, 0.1) is 16.0 Å². The number of benzene rings is 1. The lowest BCUT2D eigenvalue weighted by molar-refractivity contribution is -0.384. The van der Waals surface area contributed by atoms with Gasteiger partial charge in [0.05, 0.1) is 16.8 Å². The zero-order valence-electron chi connectivity index (χ0n) is 13.2. The van der Waals surface area contributed by atoms with Gasteiger partial charge in [-0.25, -0.2) is 4.68 Å². The number of hydrogen-bond acceptors (Lipinski definition) is 6. The van der Waals surface area contributed by atoms with Gasteiger partial charge in [0, 0.05) is 24.7 Å². The lowest BCUT2D eigenvalue weighted by Gasteiger charge is -2.19. The van der Waals surface area contributed by atoms with Crippen molar-refractivity contribution in [2.45, 2.75) is 19.4 Å². The van der Waals surface area contributed by atoms with Gasteiger partial charge in [-0.05, 0) is 31.9 Å². The van der Waals surface area contributed by atoms with Crippen molar-refractivity contribution in [1.82, 2.24) is 19.9 Å². The summed E-state index contributed by atoms with van der Waals surface area (Å²) in [5.74, 6) is 0.103. The van der Waals surface area contributed by atoms with E-state index in [1.54, 1.807) is 17.0 Å². The van der Waals surface area contributed by atoms with Crippen LogP contribution in [-0.2, 0) is 0 Å².